The number of nitrogens with zero attached hydrogens (tertiary/aromatic N) is 3. The van der Waals surface area contributed by atoms with Crippen molar-refractivity contribution in [2.45, 2.75) is 20.3 Å². The molecule has 1 aromatic rings. The first kappa shape index (κ1) is 11.4. The van der Waals surface area contributed by atoms with Crippen LogP contribution in [0.2, 0.25) is 0 Å². The fourth-order valence-electron chi connectivity index (χ4n) is 1.30. The molecule has 0 aliphatic rings. The number of aliphatic carboxylic acids is 1. The van der Waals surface area contributed by atoms with E-state index in [0.717, 1.165) is 13.1 Å². The smallest absolute Gasteiger partial charge is 0.309 e. The van der Waals surface area contributed by atoms with E-state index in [1.54, 1.807) is 12.3 Å². The van der Waals surface area contributed by atoms with E-state index in [1.807, 2.05) is 18.7 Å². The Balaban J connectivity index is 2.86. The summed E-state index contributed by atoms with van der Waals surface area (Å²) in [6.07, 6.45) is 1.54. The predicted molar refractivity (Wildman–Crippen MR) is 56.9 cm³/mol. The number of hydrogen-bond donors (Lipinski definition) is 1. The fraction of sp³-hybridized carbons (Fsp3) is 0.500. The molecule has 0 saturated carbocycles. The summed E-state index contributed by atoms with van der Waals surface area (Å²) in [7, 11) is 0. The lowest BCUT2D eigenvalue weighted by molar-refractivity contribution is -0.136. The van der Waals surface area contributed by atoms with Crippen molar-refractivity contribution in [2.24, 2.45) is 0 Å². The molecule has 0 aliphatic carbocycles. The summed E-state index contributed by atoms with van der Waals surface area (Å²) in [6.45, 7) is 5.65. The van der Waals surface area contributed by atoms with Crippen molar-refractivity contribution in [1.29, 1.82) is 0 Å². The lowest BCUT2D eigenvalue weighted by Crippen LogP contribution is -2.24. The van der Waals surface area contributed by atoms with Gasteiger partial charge in [0.2, 0.25) is 5.95 Å². The minimum atomic E-state index is -0.876. The standard InChI is InChI=1S/C10H15N3O2/c1-3-13(4-2)10-11-6-5-8(12-10)7-9(14)15/h5-6H,3-4,7H2,1-2H3,(H,14,15). The van der Waals surface area contributed by atoms with Crippen LogP contribution in [0, 0.1) is 0 Å². The summed E-state index contributed by atoms with van der Waals surface area (Å²) in [5.74, 6) is -0.280. The second-order valence-corrected chi connectivity index (χ2v) is 3.09. The van der Waals surface area contributed by atoms with E-state index in [-0.39, 0.29) is 6.42 Å². The maximum Gasteiger partial charge on any atom is 0.309 e. The van der Waals surface area contributed by atoms with E-state index >= 15 is 0 Å². The summed E-state index contributed by atoms with van der Waals surface area (Å²) in [5.41, 5.74) is 0.541. The zero-order chi connectivity index (χ0) is 11.3. The summed E-state index contributed by atoms with van der Waals surface area (Å²) < 4.78 is 0. The van der Waals surface area contributed by atoms with Crippen LogP contribution in [0.1, 0.15) is 19.5 Å². The highest BCUT2D eigenvalue weighted by Gasteiger charge is 2.07. The van der Waals surface area contributed by atoms with Gasteiger partial charge in [0.05, 0.1) is 12.1 Å². The van der Waals surface area contributed by atoms with E-state index in [0.29, 0.717) is 11.6 Å². The Hall–Kier alpha value is -1.65. The summed E-state index contributed by atoms with van der Waals surface area (Å²) in [4.78, 5) is 20.8. The first-order valence-electron chi connectivity index (χ1n) is 4.96. The number of carboxylic acids is 1. The highest BCUT2D eigenvalue weighted by atomic mass is 16.4. The fourth-order valence-corrected chi connectivity index (χ4v) is 1.30. The Morgan fingerprint density at radius 3 is 2.67 bits per heavy atom. The van der Waals surface area contributed by atoms with E-state index in [2.05, 4.69) is 9.97 Å². The number of carboxylic acid groups (broad SMARTS) is 1. The highest BCUT2D eigenvalue weighted by molar-refractivity contribution is 5.69. The molecule has 0 radical (unpaired) electrons. The van der Waals surface area contributed by atoms with Crippen molar-refractivity contribution in [3.8, 4) is 0 Å². The van der Waals surface area contributed by atoms with E-state index in [4.69, 9.17) is 5.11 Å². The van der Waals surface area contributed by atoms with Crippen LogP contribution in [-0.4, -0.2) is 34.1 Å². The summed E-state index contributed by atoms with van der Waals surface area (Å²) in [5, 5.41) is 8.64. The maximum absolute atomic E-state index is 10.5. The topological polar surface area (TPSA) is 66.3 Å². The van der Waals surface area contributed by atoms with Gasteiger partial charge in [-0.3, -0.25) is 4.79 Å². The van der Waals surface area contributed by atoms with Gasteiger partial charge in [0.1, 0.15) is 0 Å². The zero-order valence-corrected chi connectivity index (χ0v) is 8.97. The Morgan fingerprint density at radius 2 is 2.13 bits per heavy atom. The summed E-state index contributed by atoms with van der Waals surface area (Å²) in [6, 6.07) is 1.63. The molecular formula is C10H15N3O2. The number of aromatic nitrogens is 2. The SMILES string of the molecule is CCN(CC)c1nccc(CC(=O)O)n1. The Morgan fingerprint density at radius 1 is 1.47 bits per heavy atom. The lowest BCUT2D eigenvalue weighted by Gasteiger charge is -2.18. The van der Waals surface area contributed by atoms with Crippen LogP contribution in [0.3, 0.4) is 0 Å². The quantitative estimate of drug-likeness (QED) is 0.782. The average molecular weight is 209 g/mol. The van der Waals surface area contributed by atoms with Gasteiger partial charge in [0.25, 0.3) is 0 Å². The normalized spacial score (nSPS) is 10.0. The highest BCUT2D eigenvalue weighted by Crippen LogP contribution is 2.07. The molecule has 82 valence electrons. The third kappa shape index (κ3) is 3.19. The molecule has 0 fully saturated rings. The predicted octanol–water partition coefficient (Wildman–Crippen LogP) is 0.950. The van der Waals surface area contributed by atoms with Crippen LogP contribution in [0.4, 0.5) is 5.95 Å². The molecule has 0 amide bonds. The van der Waals surface area contributed by atoms with Crippen molar-refractivity contribution >= 4 is 11.9 Å². The Labute approximate surface area is 88.8 Å². The van der Waals surface area contributed by atoms with E-state index < -0.39 is 5.97 Å². The van der Waals surface area contributed by atoms with Gasteiger partial charge in [-0.05, 0) is 19.9 Å². The zero-order valence-electron chi connectivity index (χ0n) is 8.97. The van der Waals surface area contributed by atoms with Crippen LogP contribution in [-0.2, 0) is 11.2 Å². The minimum Gasteiger partial charge on any atom is -0.481 e. The number of hydrogen-bond acceptors (Lipinski definition) is 4. The van der Waals surface area contributed by atoms with Gasteiger partial charge >= 0.3 is 5.97 Å². The van der Waals surface area contributed by atoms with E-state index in [1.165, 1.54) is 0 Å². The van der Waals surface area contributed by atoms with Gasteiger partial charge in [-0.25, -0.2) is 9.97 Å². The van der Waals surface area contributed by atoms with Gasteiger partial charge in [0.15, 0.2) is 0 Å². The van der Waals surface area contributed by atoms with Gasteiger partial charge < -0.3 is 10.0 Å². The summed E-state index contributed by atoms with van der Waals surface area (Å²) >= 11 is 0. The van der Waals surface area contributed by atoms with Crippen molar-refractivity contribution in [1.82, 2.24) is 9.97 Å². The molecule has 1 aromatic heterocycles. The molecule has 5 nitrogen and oxygen atoms in total. The lowest BCUT2D eigenvalue weighted by atomic mass is 10.3. The maximum atomic E-state index is 10.5. The minimum absolute atomic E-state index is 0.0587. The molecule has 0 bridgehead atoms. The molecule has 0 saturated heterocycles. The largest absolute Gasteiger partial charge is 0.481 e. The van der Waals surface area contributed by atoms with Gasteiger partial charge in [0, 0.05) is 19.3 Å². The van der Waals surface area contributed by atoms with Crippen molar-refractivity contribution < 1.29 is 9.90 Å². The molecular weight excluding hydrogens is 194 g/mol. The van der Waals surface area contributed by atoms with E-state index in [9.17, 15) is 4.79 Å². The van der Waals surface area contributed by atoms with Crippen LogP contribution in [0.15, 0.2) is 12.3 Å². The molecule has 0 spiro atoms. The van der Waals surface area contributed by atoms with Gasteiger partial charge in [-0.15, -0.1) is 0 Å². The molecule has 1 N–H and O–H groups in total. The van der Waals surface area contributed by atoms with Crippen LogP contribution >= 0.6 is 0 Å². The second kappa shape index (κ2) is 5.29. The molecule has 15 heavy (non-hydrogen) atoms. The van der Waals surface area contributed by atoms with Crippen LogP contribution in [0.5, 0.6) is 0 Å². The molecule has 0 unspecified atom stereocenters. The van der Waals surface area contributed by atoms with Crippen molar-refractivity contribution in [2.75, 3.05) is 18.0 Å². The number of carbonyl (C=O) groups is 1. The number of rotatable bonds is 5. The molecule has 5 heteroatoms. The molecule has 1 heterocycles. The molecule has 1 rings (SSSR count). The molecule has 0 atom stereocenters. The number of anilines is 1. The molecule has 0 aliphatic heterocycles. The van der Waals surface area contributed by atoms with Gasteiger partial charge in [-0.2, -0.15) is 0 Å². The first-order valence-corrected chi connectivity index (χ1v) is 4.96. The third-order valence-electron chi connectivity index (χ3n) is 2.08. The average Bonchev–Trinajstić information content (AvgIpc) is 2.19. The molecule has 0 aromatic carbocycles. The first-order chi connectivity index (χ1) is 7.17. The van der Waals surface area contributed by atoms with Crippen molar-refractivity contribution in [3.63, 3.8) is 0 Å². The van der Waals surface area contributed by atoms with Crippen molar-refractivity contribution in [3.05, 3.63) is 18.0 Å². The third-order valence-corrected chi connectivity index (χ3v) is 2.08. The van der Waals surface area contributed by atoms with Crippen LogP contribution in [0.25, 0.3) is 0 Å². The van der Waals surface area contributed by atoms with Gasteiger partial charge in [-0.1, -0.05) is 0 Å². The van der Waals surface area contributed by atoms with Crippen LogP contribution < -0.4 is 4.90 Å². The second-order valence-electron chi connectivity index (χ2n) is 3.09. The monoisotopic (exact) mass is 209 g/mol. The Kier molecular flexibility index (Phi) is 4.03. The Bertz CT molecular complexity index is 337.